The number of amidine groups is 1. The van der Waals surface area contributed by atoms with Gasteiger partial charge in [0.1, 0.15) is 11.7 Å². The van der Waals surface area contributed by atoms with Gasteiger partial charge in [0, 0.05) is 18.7 Å². The first-order valence-corrected chi connectivity index (χ1v) is 4.40. The van der Waals surface area contributed by atoms with Gasteiger partial charge in [0.05, 0.1) is 0 Å². The number of aliphatic imine (C=N–C) groups is 1. The molecule has 0 saturated carbocycles. The van der Waals surface area contributed by atoms with Gasteiger partial charge in [-0.15, -0.1) is 0 Å². The lowest BCUT2D eigenvalue weighted by Gasteiger charge is -2.14. The Morgan fingerprint density at radius 1 is 1.38 bits per heavy atom. The van der Waals surface area contributed by atoms with Gasteiger partial charge in [0.25, 0.3) is 0 Å². The second kappa shape index (κ2) is 3.56. The molecule has 68 valence electrons. The Balaban J connectivity index is 2.29. The summed E-state index contributed by atoms with van der Waals surface area (Å²) in [6.45, 7) is 1.76. The number of halogens is 1. The van der Waals surface area contributed by atoms with Crippen LogP contribution in [-0.4, -0.2) is 18.9 Å². The first kappa shape index (κ1) is 8.23. The maximum atomic E-state index is 12.8. The van der Waals surface area contributed by atoms with Gasteiger partial charge in [0.15, 0.2) is 0 Å². The van der Waals surface area contributed by atoms with Crippen LogP contribution in [0, 0.1) is 5.82 Å². The fourth-order valence-corrected chi connectivity index (χ4v) is 1.36. The summed E-state index contributed by atoms with van der Waals surface area (Å²) >= 11 is 0. The maximum Gasteiger partial charge on any atom is 0.128 e. The van der Waals surface area contributed by atoms with E-state index in [1.807, 2.05) is 6.07 Å². The third-order valence-electron chi connectivity index (χ3n) is 2.00. The average molecular weight is 178 g/mol. The van der Waals surface area contributed by atoms with Crippen molar-refractivity contribution in [2.75, 3.05) is 13.1 Å². The summed E-state index contributed by atoms with van der Waals surface area (Å²) in [5, 5.41) is 3.15. The van der Waals surface area contributed by atoms with Gasteiger partial charge in [-0.3, -0.25) is 4.99 Å². The van der Waals surface area contributed by atoms with Gasteiger partial charge in [-0.1, -0.05) is 12.1 Å². The molecule has 13 heavy (non-hydrogen) atoms. The first-order valence-electron chi connectivity index (χ1n) is 4.40. The molecule has 1 heterocycles. The Kier molecular flexibility index (Phi) is 2.25. The molecule has 1 aliphatic heterocycles. The van der Waals surface area contributed by atoms with Crippen LogP contribution in [0.4, 0.5) is 4.39 Å². The molecular weight excluding hydrogens is 167 g/mol. The van der Waals surface area contributed by atoms with Crippen molar-refractivity contribution in [2.24, 2.45) is 4.99 Å². The standard InChI is InChI=1S/C10H11FN2/c11-9-4-1-3-8(7-9)10-12-5-2-6-13-10/h1,3-4,7H,2,5-6H2,(H,12,13). The van der Waals surface area contributed by atoms with E-state index in [1.54, 1.807) is 6.07 Å². The molecule has 2 nitrogen and oxygen atoms in total. The van der Waals surface area contributed by atoms with Crippen molar-refractivity contribution in [3.8, 4) is 0 Å². The normalized spacial score (nSPS) is 16.2. The number of nitrogens with zero attached hydrogens (tertiary/aromatic N) is 1. The van der Waals surface area contributed by atoms with Crippen LogP contribution in [-0.2, 0) is 0 Å². The molecule has 0 saturated heterocycles. The largest absolute Gasteiger partial charge is 0.370 e. The summed E-state index contributed by atoms with van der Waals surface area (Å²) in [6, 6.07) is 6.49. The number of hydrogen-bond donors (Lipinski definition) is 1. The molecule has 0 amide bonds. The SMILES string of the molecule is Fc1cccc(C2=NCCCN2)c1. The van der Waals surface area contributed by atoms with E-state index >= 15 is 0 Å². The van der Waals surface area contributed by atoms with Gasteiger partial charge in [0.2, 0.25) is 0 Å². The Morgan fingerprint density at radius 3 is 3.00 bits per heavy atom. The maximum absolute atomic E-state index is 12.8. The summed E-state index contributed by atoms with van der Waals surface area (Å²) < 4.78 is 12.8. The van der Waals surface area contributed by atoms with Crippen LogP contribution in [0.5, 0.6) is 0 Å². The molecule has 0 aliphatic carbocycles. The van der Waals surface area contributed by atoms with Gasteiger partial charge < -0.3 is 5.32 Å². The minimum Gasteiger partial charge on any atom is -0.370 e. The minimum absolute atomic E-state index is 0.215. The monoisotopic (exact) mass is 178 g/mol. The summed E-state index contributed by atoms with van der Waals surface area (Å²) in [6.07, 6.45) is 1.05. The Labute approximate surface area is 76.5 Å². The van der Waals surface area contributed by atoms with Gasteiger partial charge in [-0.2, -0.15) is 0 Å². The van der Waals surface area contributed by atoms with Crippen molar-refractivity contribution in [3.05, 3.63) is 35.6 Å². The summed E-state index contributed by atoms with van der Waals surface area (Å²) in [7, 11) is 0. The molecule has 1 aromatic carbocycles. The van der Waals surface area contributed by atoms with E-state index in [-0.39, 0.29) is 5.82 Å². The van der Waals surface area contributed by atoms with E-state index < -0.39 is 0 Å². The van der Waals surface area contributed by atoms with Crippen molar-refractivity contribution < 1.29 is 4.39 Å². The molecule has 3 heteroatoms. The molecule has 0 aromatic heterocycles. The van der Waals surface area contributed by atoms with Crippen LogP contribution in [0.3, 0.4) is 0 Å². The van der Waals surface area contributed by atoms with E-state index in [0.29, 0.717) is 0 Å². The van der Waals surface area contributed by atoms with Gasteiger partial charge in [-0.05, 0) is 18.6 Å². The van der Waals surface area contributed by atoms with Crippen LogP contribution < -0.4 is 5.32 Å². The fourth-order valence-electron chi connectivity index (χ4n) is 1.36. The zero-order chi connectivity index (χ0) is 9.10. The Bertz CT molecular complexity index is 333. The zero-order valence-electron chi connectivity index (χ0n) is 7.26. The molecule has 2 rings (SSSR count). The van der Waals surface area contributed by atoms with E-state index in [4.69, 9.17) is 0 Å². The lowest BCUT2D eigenvalue weighted by molar-refractivity contribution is 0.627. The Morgan fingerprint density at radius 2 is 2.31 bits per heavy atom. The highest BCUT2D eigenvalue weighted by Crippen LogP contribution is 2.05. The predicted molar refractivity (Wildman–Crippen MR) is 50.4 cm³/mol. The third kappa shape index (κ3) is 1.86. The van der Waals surface area contributed by atoms with Crippen LogP contribution in [0.2, 0.25) is 0 Å². The third-order valence-corrected chi connectivity index (χ3v) is 2.00. The summed E-state index contributed by atoms with van der Waals surface area (Å²) in [4.78, 5) is 4.28. The van der Waals surface area contributed by atoms with Crippen molar-refractivity contribution in [2.45, 2.75) is 6.42 Å². The topological polar surface area (TPSA) is 24.4 Å². The van der Waals surface area contributed by atoms with Gasteiger partial charge >= 0.3 is 0 Å². The highest BCUT2D eigenvalue weighted by Gasteiger charge is 2.06. The highest BCUT2D eigenvalue weighted by atomic mass is 19.1. The molecule has 0 bridgehead atoms. The number of hydrogen-bond acceptors (Lipinski definition) is 2. The second-order valence-corrected chi connectivity index (χ2v) is 3.02. The van der Waals surface area contributed by atoms with Crippen molar-refractivity contribution in [1.29, 1.82) is 0 Å². The van der Waals surface area contributed by atoms with E-state index in [1.165, 1.54) is 12.1 Å². The van der Waals surface area contributed by atoms with Crippen molar-refractivity contribution in [1.82, 2.24) is 5.32 Å². The Hall–Kier alpha value is -1.38. The van der Waals surface area contributed by atoms with Crippen molar-refractivity contribution >= 4 is 5.84 Å². The van der Waals surface area contributed by atoms with Crippen LogP contribution in [0.15, 0.2) is 29.3 Å². The number of benzene rings is 1. The molecule has 0 spiro atoms. The number of nitrogens with one attached hydrogen (secondary N) is 1. The lowest BCUT2D eigenvalue weighted by atomic mass is 10.2. The van der Waals surface area contributed by atoms with Gasteiger partial charge in [-0.25, -0.2) is 4.39 Å². The molecule has 1 aliphatic rings. The molecule has 0 atom stereocenters. The molecule has 1 aromatic rings. The quantitative estimate of drug-likeness (QED) is 0.693. The minimum atomic E-state index is -0.215. The molecule has 0 fully saturated rings. The molecule has 0 radical (unpaired) electrons. The summed E-state index contributed by atoms with van der Waals surface area (Å²) in [5.74, 6) is 0.596. The molecule has 0 unspecified atom stereocenters. The first-order chi connectivity index (χ1) is 6.36. The molecule has 1 N–H and O–H groups in total. The second-order valence-electron chi connectivity index (χ2n) is 3.02. The number of rotatable bonds is 1. The van der Waals surface area contributed by atoms with Crippen LogP contribution in [0.25, 0.3) is 0 Å². The van der Waals surface area contributed by atoms with Crippen molar-refractivity contribution in [3.63, 3.8) is 0 Å². The average Bonchev–Trinajstić information content (AvgIpc) is 2.19. The smallest absolute Gasteiger partial charge is 0.128 e. The molecular formula is C10H11FN2. The van der Waals surface area contributed by atoms with E-state index in [2.05, 4.69) is 10.3 Å². The predicted octanol–water partition coefficient (Wildman–Crippen LogP) is 1.57. The highest BCUT2D eigenvalue weighted by molar-refractivity contribution is 5.99. The summed E-state index contributed by atoms with van der Waals surface area (Å²) in [5.41, 5.74) is 0.833. The zero-order valence-corrected chi connectivity index (χ0v) is 7.26. The van der Waals surface area contributed by atoms with Crippen LogP contribution >= 0.6 is 0 Å². The lowest BCUT2D eigenvalue weighted by Crippen LogP contribution is -2.30. The fraction of sp³-hybridized carbons (Fsp3) is 0.300. The van der Waals surface area contributed by atoms with E-state index in [0.717, 1.165) is 30.9 Å². The van der Waals surface area contributed by atoms with Crippen LogP contribution in [0.1, 0.15) is 12.0 Å². The van der Waals surface area contributed by atoms with E-state index in [9.17, 15) is 4.39 Å².